The fraction of sp³-hybridized carbons (Fsp3) is 0.333. The van der Waals surface area contributed by atoms with Gasteiger partial charge in [0, 0.05) is 30.0 Å². The molecule has 0 aliphatic rings. The maximum Gasteiger partial charge on any atom is 0.138 e. The van der Waals surface area contributed by atoms with Gasteiger partial charge in [-0.3, -0.25) is 9.78 Å². The number of hydrogen-bond acceptors (Lipinski definition) is 6. The van der Waals surface area contributed by atoms with E-state index in [0.29, 0.717) is 19.3 Å². The lowest BCUT2D eigenvalue weighted by atomic mass is 9.95. The van der Waals surface area contributed by atoms with Crippen LogP contribution in [0.4, 0.5) is 0 Å². The van der Waals surface area contributed by atoms with E-state index < -0.39 is 6.72 Å². The summed E-state index contributed by atoms with van der Waals surface area (Å²) in [6.45, 7) is 0.281. The molecular weight excluding hydrogens is 429 g/mol. The molecule has 1 aromatic heterocycles. The van der Waals surface area contributed by atoms with E-state index in [0.717, 1.165) is 27.6 Å². The van der Waals surface area contributed by atoms with Crippen LogP contribution in [-0.2, 0) is 32.1 Å². The van der Waals surface area contributed by atoms with E-state index >= 15 is 0 Å². The minimum Gasteiger partial charge on any atom is -0.780 e. The van der Waals surface area contributed by atoms with Gasteiger partial charge in [0.1, 0.15) is 12.5 Å². The number of nitrogens with zero attached hydrogens (tertiary/aromatic N) is 1. The standard InChI is InChI=1S/C24H28NO4PS/c1-18(2)29-30(27,31)28-15-9-8-13-21(26)16-23-24(19-10-4-3-5-11-19)22-14-7-6-12-20(22)17-25-23/h3-7,10-12,14,17-18H,8-9,13,15-16H2,1-2H3,(H,27,31)/p-1. The van der Waals surface area contributed by atoms with E-state index in [1.807, 2.05) is 54.7 Å². The molecule has 164 valence electrons. The molecule has 31 heavy (non-hydrogen) atoms. The summed E-state index contributed by atoms with van der Waals surface area (Å²) in [6, 6.07) is 18.1. The van der Waals surface area contributed by atoms with Gasteiger partial charge in [0.2, 0.25) is 0 Å². The van der Waals surface area contributed by atoms with Gasteiger partial charge in [-0.05, 0) is 37.6 Å². The number of benzene rings is 2. The lowest BCUT2D eigenvalue weighted by Gasteiger charge is -2.29. The Morgan fingerprint density at radius 3 is 2.55 bits per heavy atom. The highest BCUT2D eigenvalue weighted by Crippen LogP contribution is 2.40. The molecule has 0 aliphatic heterocycles. The molecule has 0 spiro atoms. The fourth-order valence-corrected chi connectivity index (χ4v) is 5.10. The summed E-state index contributed by atoms with van der Waals surface area (Å²) in [7, 11) is 0. The second-order valence-electron chi connectivity index (χ2n) is 7.64. The number of unbranched alkanes of at least 4 members (excludes halogenated alkanes) is 1. The maximum absolute atomic E-state index is 12.7. The second-order valence-corrected chi connectivity index (χ2v) is 10.3. The molecule has 3 aromatic rings. The number of pyridine rings is 1. The van der Waals surface area contributed by atoms with Crippen molar-refractivity contribution in [2.24, 2.45) is 0 Å². The van der Waals surface area contributed by atoms with Gasteiger partial charge in [0.15, 0.2) is 0 Å². The molecular formula is C24H27NO4PS-. The summed E-state index contributed by atoms with van der Waals surface area (Å²) >= 11 is 4.84. The largest absolute Gasteiger partial charge is 0.780 e. The topological polar surface area (TPSA) is 71.5 Å². The first kappa shape index (κ1) is 23.7. The first-order valence-electron chi connectivity index (χ1n) is 10.4. The summed E-state index contributed by atoms with van der Waals surface area (Å²) in [5.74, 6) is 0.111. The Balaban J connectivity index is 1.63. The minimum atomic E-state index is -3.44. The molecule has 0 saturated heterocycles. The number of Topliss-reactive ketones (excluding diaryl/α,β-unsaturated/α-hetero) is 1. The highest BCUT2D eigenvalue weighted by atomic mass is 32.5. The van der Waals surface area contributed by atoms with Crippen molar-refractivity contribution < 1.29 is 18.7 Å². The van der Waals surface area contributed by atoms with Crippen LogP contribution in [0.3, 0.4) is 0 Å². The van der Waals surface area contributed by atoms with Crippen molar-refractivity contribution in [3.63, 3.8) is 0 Å². The molecule has 1 unspecified atom stereocenters. The number of rotatable bonds is 11. The van der Waals surface area contributed by atoms with Crippen molar-refractivity contribution in [2.75, 3.05) is 6.61 Å². The predicted molar refractivity (Wildman–Crippen MR) is 126 cm³/mol. The van der Waals surface area contributed by atoms with Gasteiger partial charge in [-0.1, -0.05) is 66.4 Å². The molecule has 0 N–H and O–H groups in total. The number of carbonyl (C=O) groups excluding carboxylic acids is 1. The molecule has 7 heteroatoms. The zero-order valence-corrected chi connectivity index (χ0v) is 19.5. The lowest BCUT2D eigenvalue weighted by molar-refractivity contribution is -0.209. The first-order valence-corrected chi connectivity index (χ1v) is 13.0. The van der Waals surface area contributed by atoms with E-state index in [1.54, 1.807) is 13.8 Å². The number of aromatic nitrogens is 1. The van der Waals surface area contributed by atoms with Crippen LogP contribution >= 0.6 is 6.72 Å². The molecule has 0 saturated carbocycles. The molecule has 5 nitrogen and oxygen atoms in total. The van der Waals surface area contributed by atoms with Crippen molar-refractivity contribution in [1.82, 2.24) is 4.98 Å². The first-order chi connectivity index (χ1) is 14.9. The van der Waals surface area contributed by atoms with Crippen LogP contribution in [0, 0.1) is 0 Å². The van der Waals surface area contributed by atoms with Crippen molar-refractivity contribution >= 4 is 35.1 Å². The number of carbonyl (C=O) groups is 1. The van der Waals surface area contributed by atoms with Gasteiger partial charge in [-0.25, -0.2) is 0 Å². The molecule has 0 fully saturated rings. The van der Waals surface area contributed by atoms with Crippen LogP contribution in [0.15, 0.2) is 60.8 Å². The Labute approximate surface area is 188 Å². The van der Waals surface area contributed by atoms with E-state index in [9.17, 15) is 9.69 Å². The highest BCUT2D eigenvalue weighted by Gasteiger charge is 2.14. The summed E-state index contributed by atoms with van der Waals surface area (Å²) in [6.07, 6.45) is 3.46. The molecule has 0 bridgehead atoms. The SMILES string of the molecule is CC(C)OP([O-])(=S)OCCCCC(=O)Cc1ncc2ccccc2c1-c1ccccc1. The molecule has 0 amide bonds. The number of ketones is 1. The van der Waals surface area contributed by atoms with Gasteiger partial charge in [0.25, 0.3) is 0 Å². The van der Waals surface area contributed by atoms with Crippen LogP contribution in [0.25, 0.3) is 21.9 Å². The van der Waals surface area contributed by atoms with Crippen LogP contribution in [0.5, 0.6) is 0 Å². The Bertz CT molecular complexity index is 1070. The van der Waals surface area contributed by atoms with Gasteiger partial charge in [0.05, 0.1) is 18.4 Å². The average molecular weight is 457 g/mol. The third-order valence-electron chi connectivity index (χ3n) is 4.74. The molecule has 3 rings (SSSR count). The molecule has 1 heterocycles. The molecule has 1 atom stereocenters. The van der Waals surface area contributed by atoms with Crippen molar-refractivity contribution in [3.8, 4) is 11.1 Å². The summed E-state index contributed by atoms with van der Waals surface area (Å²) in [5.41, 5.74) is 2.84. The van der Waals surface area contributed by atoms with Crippen LogP contribution in [0.1, 0.15) is 38.8 Å². The van der Waals surface area contributed by atoms with E-state index in [4.69, 9.17) is 20.9 Å². The van der Waals surface area contributed by atoms with Crippen molar-refractivity contribution in [1.29, 1.82) is 0 Å². The molecule has 0 radical (unpaired) electrons. The molecule has 0 aliphatic carbocycles. The van der Waals surface area contributed by atoms with E-state index in [2.05, 4.69) is 11.1 Å². The van der Waals surface area contributed by atoms with Crippen LogP contribution in [0.2, 0.25) is 0 Å². The monoisotopic (exact) mass is 456 g/mol. The maximum atomic E-state index is 12.7. The van der Waals surface area contributed by atoms with E-state index in [-0.39, 0.29) is 24.9 Å². The summed E-state index contributed by atoms with van der Waals surface area (Å²) < 4.78 is 10.3. The third-order valence-corrected chi connectivity index (χ3v) is 6.50. The Hall–Kier alpha value is -1.95. The summed E-state index contributed by atoms with van der Waals surface area (Å²) in [4.78, 5) is 29.2. The number of hydrogen-bond donors (Lipinski definition) is 0. The normalized spacial score (nSPS) is 13.4. The Kier molecular flexibility index (Phi) is 8.47. The average Bonchev–Trinajstić information content (AvgIpc) is 2.73. The Morgan fingerprint density at radius 1 is 1.10 bits per heavy atom. The zero-order chi connectivity index (χ0) is 22.3. The highest BCUT2D eigenvalue weighted by molar-refractivity contribution is 8.06. The number of fused-ring (bicyclic) bond motifs is 1. The second kappa shape index (κ2) is 11.1. The smallest absolute Gasteiger partial charge is 0.138 e. The lowest BCUT2D eigenvalue weighted by Crippen LogP contribution is -2.13. The summed E-state index contributed by atoms with van der Waals surface area (Å²) in [5, 5.41) is 2.14. The minimum absolute atomic E-state index is 0.111. The van der Waals surface area contributed by atoms with Gasteiger partial charge in [-0.2, -0.15) is 0 Å². The predicted octanol–water partition coefficient (Wildman–Crippen LogP) is 5.21. The van der Waals surface area contributed by atoms with Crippen molar-refractivity contribution in [2.45, 2.75) is 45.6 Å². The van der Waals surface area contributed by atoms with Crippen molar-refractivity contribution in [3.05, 3.63) is 66.5 Å². The fourth-order valence-electron chi connectivity index (χ4n) is 3.43. The quantitative estimate of drug-likeness (QED) is 0.291. The van der Waals surface area contributed by atoms with Gasteiger partial charge < -0.3 is 13.9 Å². The van der Waals surface area contributed by atoms with E-state index in [1.165, 1.54) is 0 Å². The Morgan fingerprint density at radius 2 is 1.81 bits per heavy atom. The third kappa shape index (κ3) is 7.03. The van der Waals surface area contributed by atoms with Gasteiger partial charge >= 0.3 is 0 Å². The van der Waals surface area contributed by atoms with Crippen LogP contribution in [-0.4, -0.2) is 23.5 Å². The van der Waals surface area contributed by atoms with Gasteiger partial charge in [-0.15, -0.1) is 0 Å². The zero-order valence-electron chi connectivity index (χ0n) is 17.8. The van der Waals surface area contributed by atoms with Crippen LogP contribution < -0.4 is 4.89 Å². The molecule has 2 aromatic carbocycles.